The molecule has 0 aliphatic carbocycles. The fourth-order valence-corrected chi connectivity index (χ4v) is 2.35. The molecule has 0 N–H and O–H groups in total. The molecule has 1 heterocycles. The summed E-state index contributed by atoms with van der Waals surface area (Å²) in [6.45, 7) is 6.25. The lowest BCUT2D eigenvalue weighted by atomic mass is 9.91. The molecule has 6 heteroatoms. The van der Waals surface area contributed by atoms with Crippen molar-refractivity contribution in [2.24, 2.45) is 0 Å². The maximum atomic E-state index is 12.3. The van der Waals surface area contributed by atoms with Crippen molar-refractivity contribution in [2.75, 3.05) is 32.7 Å². The molecule has 0 aromatic carbocycles. The van der Waals surface area contributed by atoms with Gasteiger partial charge in [-0.1, -0.05) is 6.92 Å². The van der Waals surface area contributed by atoms with Gasteiger partial charge in [0.25, 0.3) is 0 Å². The fraction of sp³-hybridized carbons (Fsp3) is 0.917. The third kappa shape index (κ3) is 3.68. The summed E-state index contributed by atoms with van der Waals surface area (Å²) in [5, 5.41) is 0. The van der Waals surface area contributed by atoms with Gasteiger partial charge in [-0.2, -0.15) is 13.2 Å². The Labute approximate surface area is 106 Å². The topological polar surface area (TPSA) is 23.6 Å². The van der Waals surface area contributed by atoms with Crippen LogP contribution in [-0.2, 0) is 4.79 Å². The van der Waals surface area contributed by atoms with E-state index in [0.29, 0.717) is 32.6 Å². The van der Waals surface area contributed by atoms with E-state index in [-0.39, 0.29) is 5.78 Å². The first-order valence-electron chi connectivity index (χ1n) is 6.24. The van der Waals surface area contributed by atoms with E-state index in [4.69, 9.17) is 0 Å². The van der Waals surface area contributed by atoms with E-state index in [0.717, 1.165) is 0 Å². The summed E-state index contributed by atoms with van der Waals surface area (Å²) in [6, 6.07) is 0. The van der Waals surface area contributed by atoms with E-state index < -0.39 is 18.3 Å². The minimum atomic E-state index is -4.14. The summed E-state index contributed by atoms with van der Waals surface area (Å²) in [6.07, 6.45) is -3.46. The second kappa shape index (κ2) is 5.57. The van der Waals surface area contributed by atoms with E-state index >= 15 is 0 Å². The summed E-state index contributed by atoms with van der Waals surface area (Å²) in [7, 11) is 0. The molecule has 106 valence electrons. The standard InChI is InChI=1S/C12H21F3N2O/c1-4-11(3,10(2)18)17-7-5-16(6-8-17)9-12(13,14)15/h4-9H2,1-3H3. The number of carbonyl (C=O) groups is 1. The first-order chi connectivity index (χ1) is 8.19. The van der Waals surface area contributed by atoms with E-state index in [1.165, 1.54) is 4.90 Å². The maximum Gasteiger partial charge on any atom is 0.401 e. The lowest BCUT2D eigenvalue weighted by molar-refractivity contribution is -0.153. The Morgan fingerprint density at radius 3 is 2.00 bits per heavy atom. The predicted molar refractivity (Wildman–Crippen MR) is 63.4 cm³/mol. The van der Waals surface area contributed by atoms with Gasteiger partial charge in [0.05, 0.1) is 12.1 Å². The zero-order valence-electron chi connectivity index (χ0n) is 11.2. The van der Waals surface area contributed by atoms with Crippen molar-refractivity contribution in [3.05, 3.63) is 0 Å². The Kier molecular flexibility index (Phi) is 4.78. The molecule has 1 aliphatic heterocycles. The number of Topliss-reactive ketones (excluding diaryl/α,β-unsaturated/α-hetero) is 1. The molecule has 0 amide bonds. The monoisotopic (exact) mass is 266 g/mol. The molecule has 0 saturated carbocycles. The maximum absolute atomic E-state index is 12.3. The number of halogens is 3. The van der Waals surface area contributed by atoms with Crippen molar-refractivity contribution in [3.63, 3.8) is 0 Å². The van der Waals surface area contributed by atoms with Gasteiger partial charge in [0.15, 0.2) is 0 Å². The van der Waals surface area contributed by atoms with Crippen molar-refractivity contribution in [1.82, 2.24) is 9.80 Å². The number of nitrogens with zero attached hydrogens (tertiary/aromatic N) is 2. The minimum absolute atomic E-state index is 0.0780. The second-order valence-electron chi connectivity index (χ2n) is 5.06. The van der Waals surface area contributed by atoms with Crippen molar-refractivity contribution >= 4 is 5.78 Å². The Hall–Kier alpha value is -0.620. The normalized spacial score (nSPS) is 22.8. The van der Waals surface area contributed by atoms with Gasteiger partial charge in [0.1, 0.15) is 5.78 Å². The van der Waals surface area contributed by atoms with E-state index in [1.54, 1.807) is 6.92 Å². The highest BCUT2D eigenvalue weighted by molar-refractivity contribution is 5.85. The van der Waals surface area contributed by atoms with Crippen LogP contribution in [0.4, 0.5) is 13.2 Å². The summed E-state index contributed by atoms with van der Waals surface area (Å²) in [5.74, 6) is 0.0780. The fourth-order valence-electron chi connectivity index (χ4n) is 2.35. The number of carbonyl (C=O) groups excluding carboxylic acids is 1. The van der Waals surface area contributed by atoms with E-state index in [1.807, 2.05) is 18.7 Å². The molecule has 1 aliphatic rings. The number of rotatable bonds is 4. The number of hydrogen-bond acceptors (Lipinski definition) is 3. The number of piperazine rings is 1. The van der Waals surface area contributed by atoms with Gasteiger partial charge in [0, 0.05) is 26.2 Å². The Balaban J connectivity index is 2.56. The SMILES string of the molecule is CCC(C)(C(C)=O)N1CCN(CC(F)(F)F)CC1. The molecule has 0 bridgehead atoms. The highest BCUT2D eigenvalue weighted by atomic mass is 19.4. The first kappa shape index (κ1) is 15.4. The third-order valence-corrected chi connectivity index (χ3v) is 3.92. The van der Waals surface area contributed by atoms with Gasteiger partial charge in [-0.15, -0.1) is 0 Å². The van der Waals surface area contributed by atoms with Gasteiger partial charge in [0.2, 0.25) is 0 Å². The highest BCUT2D eigenvalue weighted by Gasteiger charge is 2.38. The Bertz CT molecular complexity index is 298. The van der Waals surface area contributed by atoms with Crippen LogP contribution < -0.4 is 0 Å². The summed E-state index contributed by atoms with van der Waals surface area (Å²) < 4.78 is 36.8. The molecule has 3 nitrogen and oxygen atoms in total. The Morgan fingerprint density at radius 1 is 1.17 bits per heavy atom. The number of alkyl halides is 3. The summed E-state index contributed by atoms with van der Waals surface area (Å²) >= 11 is 0. The average Bonchev–Trinajstić information content (AvgIpc) is 2.26. The molecule has 1 rings (SSSR count). The molecule has 1 atom stereocenters. The van der Waals surface area contributed by atoms with Crippen LogP contribution >= 0.6 is 0 Å². The first-order valence-corrected chi connectivity index (χ1v) is 6.24. The van der Waals surface area contributed by atoms with Crippen molar-refractivity contribution in [3.8, 4) is 0 Å². The molecule has 0 aromatic heterocycles. The molecule has 1 unspecified atom stereocenters. The van der Waals surface area contributed by atoms with Crippen LogP contribution in [0.1, 0.15) is 27.2 Å². The van der Waals surface area contributed by atoms with Gasteiger partial charge in [-0.3, -0.25) is 14.6 Å². The molecule has 18 heavy (non-hydrogen) atoms. The van der Waals surface area contributed by atoms with E-state index in [9.17, 15) is 18.0 Å². The van der Waals surface area contributed by atoms with Crippen molar-refractivity contribution < 1.29 is 18.0 Å². The zero-order chi connectivity index (χ0) is 14.0. The van der Waals surface area contributed by atoms with Crippen LogP contribution in [0.2, 0.25) is 0 Å². The molecule has 1 fully saturated rings. The van der Waals surface area contributed by atoms with Crippen LogP contribution in [0.15, 0.2) is 0 Å². The average molecular weight is 266 g/mol. The third-order valence-electron chi connectivity index (χ3n) is 3.92. The molecule has 0 aromatic rings. The number of hydrogen-bond donors (Lipinski definition) is 0. The van der Waals surface area contributed by atoms with Crippen LogP contribution in [-0.4, -0.2) is 60.0 Å². The summed E-state index contributed by atoms with van der Waals surface area (Å²) in [5.41, 5.74) is -0.537. The zero-order valence-corrected chi connectivity index (χ0v) is 11.2. The molecular formula is C12H21F3N2O. The van der Waals surface area contributed by atoms with Gasteiger partial charge in [-0.25, -0.2) is 0 Å². The largest absolute Gasteiger partial charge is 0.401 e. The van der Waals surface area contributed by atoms with Crippen LogP contribution in [0, 0.1) is 0 Å². The molecule has 0 spiro atoms. The minimum Gasteiger partial charge on any atom is -0.298 e. The lowest BCUT2D eigenvalue weighted by Crippen LogP contribution is -2.59. The highest BCUT2D eigenvalue weighted by Crippen LogP contribution is 2.24. The molecule has 0 radical (unpaired) electrons. The van der Waals surface area contributed by atoms with Crippen LogP contribution in [0.25, 0.3) is 0 Å². The predicted octanol–water partition coefficient (Wildman–Crippen LogP) is 1.92. The Morgan fingerprint density at radius 2 is 1.67 bits per heavy atom. The molecular weight excluding hydrogens is 245 g/mol. The quantitative estimate of drug-likeness (QED) is 0.776. The van der Waals surface area contributed by atoms with Crippen molar-refractivity contribution in [1.29, 1.82) is 0 Å². The van der Waals surface area contributed by atoms with E-state index in [2.05, 4.69) is 0 Å². The van der Waals surface area contributed by atoms with Crippen LogP contribution in [0.5, 0.6) is 0 Å². The smallest absolute Gasteiger partial charge is 0.298 e. The number of ketones is 1. The lowest BCUT2D eigenvalue weighted by Gasteiger charge is -2.44. The van der Waals surface area contributed by atoms with Crippen LogP contribution in [0.3, 0.4) is 0 Å². The summed E-state index contributed by atoms with van der Waals surface area (Å²) in [4.78, 5) is 15.1. The van der Waals surface area contributed by atoms with Gasteiger partial charge < -0.3 is 0 Å². The van der Waals surface area contributed by atoms with Crippen molar-refractivity contribution in [2.45, 2.75) is 38.9 Å². The van der Waals surface area contributed by atoms with Gasteiger partial charge >= 0.3 is 6.18 Å². The second-order valence-corrected chi connectivity index (χ2v) is 5.06. The molecule has 1 saturated heterocycles. The van der Waals surface area contributed by atoms with Gasteiger partial charge in [-0.05, 0) is 20.3 Å².